The number of rotatable bonds is 6. The van der Waals surface area contributed by atoms with E-state index in [9.17, 15) is 22.7 Å². The molecule has 5 nitrogen and oxygen atoms in total. The molecule has 2 aromatic rings. The standard InChI is InChI=1S/C19H22FNO4S2.C4H5Cl/c1-4-11(2)26-19-17-14(9-13(20)10-15(17)27(3,24)25)21-7-5-6-12(18(19)21)8-16(22)23;1-3-4(2)5/h4,9-10,12H,5-8H2,1-3H3,(H,22,23);3H,1-2H2/b11-4+;. The molecule has 1 unspecified atom stereocenters. The van der Waals surface area contributed by atoms with Crippen molar-refractivity contribution in [1.29, 1.82) is 0 Å². The van der Waals surface area contributed by atoms with E-state index in [4.69, 9.17) is 11.6 Å². The van der Waals surface area contributed by atoms with Crippen molar-refractivity contribution in [3.05, 3.63) is 58.9 Å². The molecule has 1 N–H and O–H groups in total. The number of sulfone groups is 1. The first-order valence-corrected chi connectivity index (χ1v) is 13.0. The molecule has 0 fully saturated rings. The first kappa shape index (κ1) is 26.2. The molecule has 1 aliphatic rings. The molecule has 174 valence electrons. The maximum absolute atomic E-state index is 14.3. The Balaban J connectivity index is 0.000000654. The number of carbonyl (C=O) groups is 1. The SMILES string of the molecule is C/C=C(\C)Sc1c2n(c3cc(F)cc(S(C)(=O)=O)c13)CCCC2CC(=O)O.C=CC(=C)Cl. The molecule has 0 saturated carbocycles. The third-order valence-electron chi connectivity index (χ3n) is 5.12. The molecule has 0 aliphatic carbocycles. The van der Waals surface area contributed by atoms with Gasteiger partial charge in [-0.15, -0.1) is 0 Å². The lowest BCUT2D eigenvalue weighted by atomic mass is 9.93. The van der Waals surface area contributed by atoms with E-state index in [-0.39, 0.29) is 17.2 Å². The molecule has 1 aromatic heterocycles. The fraction of sp³-hybridized carbons (Fsp3) is 0.348. The predicted molar refractivity (Wildman–Crippen MR) is 130 cm³/mol. The van der Waals surface area contributed by atoms with Crippen LogP contribution in [0.4, 0.5) is 4.39 Å². The van der Waals surface area contributed by atoms with E-state index in [0.29, 0.717) is 28.9 Å². The maximum atomic E-state index is 14.3. The number of allylic oxidation sites excluding steroid dienone is 4. The van der Waals surface area contributed by atoms with Crippen LogP contribution in [0.25, 0.3) is 10.9 Å². The Morgan fingerprint density at radius 3 is 2.56 bits per heavy atom. The van der Waals surface area contributed by atoms with Crippen LogP contribution in [0, 0.1) is 5.82 Å². The van der Waals surface area contributed by atoms with E-state index < -0.39 is 21.6 Å². The van der Waals surface area contributed by atoms with Gasteiger partial charge in [0.15, 0.2) is 9.84 Å². The molecular weight excluding hydrogens is 473 g/mol. The van der Waals surface area contributed by atoms with Crippen LogP contribution in [-0.4, -0.2) is 30.3 Å². The fourth-order valence-electron chi connectivity index (χ4n) is 3.69. The van der Waals surface area contributed by atoms with E-state index in [1.807, 2.05) is 24.5 Å². The van der Waals surface area contributed by atoms with Crippen LogP contribution < -0.4 is 0 Å². The van der Waals surface area contributed by atoms with Gasteiger partial charge in [0.2, 0.25) is 0 Å². The normalized spacial score (nSPS) is 16.2. The predicted octanol–water partition coefficient (Wildman–Crippen LogP) is 6.48. The minimum Gasteiger partial charge on any atom is -0.481 e. The van der Waals surface area contributed by atoms with E-state index in [1.165, 1.54) is 23.9 Å². The number of hydrogen-bond donors (Lipinski definition) is 1. The topological polar surface area (TPSA) is 76.4 Å². The van der Waals surface area contributed by atoms with Gasteiger partial charge in [0, 0.05) is 39.7 Å². The van der Waals surface area contributed by atoms with E-state index in [2.05, 4.69) is 13.2 Å². The van der Waals surface area contributed by atoms with Crippen LogP contribution >= 0.6 is 23.4 Å². The summed E-state index contributed by atoms with van der Waals surface area (Å²) in [5.41, 5.74) is 1.33. The fourth-order valence-corrected chi connectivity index (χ4v) is 5.80. The second-order valence-electron chi connectivity index (χ2n) is 7.53. The second kappa shape index (κ2) is 10.7. The summed E-state index contributed by atoms with van der Waals surface area (Å²) in [6, 6.07) is 2.41. The summed E-state index contributed by atoms with van der Waals surface area (Å²) in [7, 11) is -3.66. The number of aryl methyl sites for hydroxylation is 1. The average molecular weight is 500 g/mol. The Morgan fingerprint density at radius 2 is 2.06 bits per heavy atom. The Kier molecular flexibility index (Phi) is 8.79. The van der Waals surface area contributed by atoms with Gasteiger partial charge < -0.3 is 9.67 Å². The van der Waals surface area contributed by atoms with Gasteiger partial charge in [0.05, 0.1) is 16.8 Å². The van der Waals surface area contributed by atoms with Crippen molar-refractivity contribution in [2.75, 3.05) is 6.26 Å². The zero-order valence-corrected chi connectivity index (χ0v) is 20.7. The third kappa shape index (κ3) is 6.05. The largest absolute Gasteiger partial charge is 0.481 e. The van der Waals surface area contributed by atoms with Crippen LogP contribution in [0.2, 0.25) is 0 Å². The van der Waals surface area contributed by atoms with Crippen molar-refractivity contribution < 1.29 is 22.7 Å². The number of carboxylic acids is 1. The van der Waals surface area contributed by atoms with Crippen LogP contribution in [0.5, 0.6) is 0 Å². The second-order valence-corrected chi connectivity index (χ2v) is 11.3. The number of aromatic nitrogens is 1. The first-order chi connectivity index (χ1) is 14.9. The number of thioether (sulfide) groups is 1. The lowest BCUT2D eigenvalue weighted by Gasteiger charge is -2.25. The number of aliphatic carboxylic acids is 1. The van der Waals surface area contributed by atoms with Crippen LogP contribution in [0.3, 0.4) is 0 Å². The molecule has 3 rings (SSSR count). The zero-order valence-electron chi connectivity index (χ0n) is 18.3. The van der Waals surface area contributed by atoms with Gasteiger partial charge in [0.1, 0.15) is 5.82 Å². The quantitative estimate of drug-likeness (QED) is 0.363. The van der Waals surface area contributed by atoms with E-state index in [1.54, 1.807) is 0 Å². The Bertz CT molecular complexity index is 1200. The summed E-state index contributed by atoms with van der Waals surface area (Å²) in [4.78, 5) is 13.0. The Hall–Kier alpha value is -2.03. The van der Waals surface area contributed by atoms with Crippen molar-refractivity contribution in [2.45, 2.75) is 55.4 Å². The van der Waals surface area contributed by atoms with Crippen molar-refractivity contribution in [3.8, 4) is 0 Å². The van der Waals surface area contributed by atoms with E-state index in [0.717, 1.165) is 34.2 Å². The highest BCUT2D eigenvalue weighted by molar-refractivity contribution is 8.03. The molecule has 0 amide bonds. The molecule has 0 saturated heterocycles. The summed E-state index contributed by atoms with van der Waals surface area (Å²) >= 11 is 6.57. The van der Waals surface area contributed by atoms with Gasteiger partial charge in [-0.2, -0.15) is 0 Å². The molecule has 1 aliphatic heterocycles. The third-order valence-corrected chi connectivity index (χ3v) is 7.57. The van der Waals surface area contributed by atoms with Crippen molar-refractivity contribution in [3.63, 3.8) is 0 Å². The van der Waals surface area contributed by atoms with Gasteiger partial charge in [-0.3, -0.25) is 4.79 Å². The molecule has 1 atom stereocenters. The molecule has 32 heavy (non-hydrogen) atoms. The molecule has 9 heteroatoms. The number of fused-ring (bicyclic) bond motifs is 3. The summed E-state index contributed by atoms with van der Waals surface area (Å²) in [6.45, 7) is 11.1. The summed E-state index contributed by atoms with van der Waals surface area (Å²) in [6.07, 6.45) is 5.92. The first-order valence-electron chi connectivity index (χ1n) is 9.95. The van der Waals surface area contributed by atoms with Crippen molar-refractivity contribution in [1.82, 2.24) is 4.57 Å². The summed E-state index contributed by atoms with van der Waals surface area (Å²) in [5.74, 6) is -1.74. The lowest BCUT2D eigenvalue weighted by molar-refractivity contribution is -0.137. The molecule has 2 heterocycles. The monoisotopic (exact) mass is 499 g/mol. The highest BCUT2D eigenvalue weighted by atomic mass is 35.5. The maximum Gasteiger partial charge on any atom is 0.304 e. The highest BCUT2D eigenvalue weighted by Gasteiger charge is 2.32. The van der Waals surface area contributed by atoms with Gasteiger partial charge in [-0.1, -0.05) is 48.7 Å². The molecule has 0 bridgehead atoms. The molecule has 0 spiro atoms. The number of carboxylic acid groups (broad SMARTS) is 1. The minimum absolute atomic E-state index is 0.0323. The van der Waals surface area contributed by atoms with Crippen LogP contribution in [-0.2, 0) is 21.2 Å². The van der Waals surface area contributed by atoms with Gasteiger partial charge >= 0.3 is 5.97 Å². The van der Waals surface area contributed by atoms with Crippen LogP contribution in [0.15, 0.2) is 57.2 Å². The van der Waals surface area contributed by atoms with Gasteiger partial charge in [0.25, 0.3) is 0 Å². The zero-order chi connectivity index (χ0) is 24.2. The van der Waals surface area contributed by atoms with Gasteiger partial charge in [-0.05, 0) is 43.7 Å². The van der Waals surface area contributed by atoms with Crippen LogP contribution in [0.1, 0.15) is 44.7 Å². The highest BCUT2D eigenvalue weighted by Crippen LogP contribution is 2.47. The Morgan fingerprint density at radius 1 is 1.44 bits per heavy atom. The van der Waals surface area contributed by atoms with E-state index >= 15 is 0 Å². The minimum atomic E-state index is -3.66. The van der Waals surface area contributed by atoms with Crippen molar-refractivity contribution in [2.24, 2.45) is 0 Å². The smallest absolute Gasteiger partial charge is 0.304 e. The number of halogens is 2. The van der Waals surface area contributed by atoms with Gasteiger partial charge in [-0.25, -0.2) is 12.8 Å². The summed E-state index contributed by atoms with van der Waals surface area (Å²) < 4.78 is 40.9. The van der Waals surface area contributed by atoms with Crippen molar-refractivity contribution >= 4 is 50.1 Å². The number of hydrogen-bond acceptors (Lipinski definition) is 4. The molecule has 0 radical (unpaired) electrons. The number of benzene rings is 1. The summed E-state index contributed by atoms with van der Waals surface area (Å²) in [5, 5.41) is 10.3. The lowest BCUT2D eigenvalue weighted by Crippen LogP contribution is -2.18. The Labute approximate surface area is 197 Å². The number of nitrogens with zero attached hydrogens (tertiary/aromatic N) is 1. The molecule has 1 aromatic carbocycles. The molecular formula is C23H27ClFNO4S2. The average Bonchev–Trinajstić information content (AvgIpc) is 3.01.